The summed E-state index contributed by atoms with van der Waals surface area (Å²) in [5.74, 6) is -0.408. The average Bonchev–Trinajstić information content (AvgIpc) is 2.37. The Labute approximate surface area is 114 Å². The first-order valence-electron chi connectivity index (χ1n) is 6.61. The predicted molar refractivity (Wildman–Crippen MR) is 75.2 cm³/mol. The maximum atomic E-state index is 13.4. The van der Waals surface area contributed by atoms with Gasteiger partial charge in [0.25, 0.3) is 0 Å². The SMILES string of the molecule is CC(CCc1ccccc1F)C(=O)NC(C)(C)CN. The van der Waals surface area contributed by atoms with Crippen molar-refractivity contribution < 1.29 is 9.18 Å². The van der Waals surface area contributed by atoms with Crippen LogP contribution in [0.25, 0.3) is 0 Å². The molecule has 1 aromatic rings. The molecular weight excluding hydrogens is 243 g/mol. The number of nitrogens with two attached hydrogens (primary N) is 1. The second-order valence-electron chi connectivity index (χ2n) is 5.61. The summed E-state index contributed by atoms with van der Waals surface area (Å²) in [5.41, 5.74) is 5.83. The molecule has 0 aromatic heterocycles. The Balaban J connectivity index is 2.50. The number of hydrogen-bond donors (Lipinski definition) is 2. The van der Waals surface area contributed by atoms with Crippen LogP contribution in [-0.2, 0) is 11.2 Å². The highest BCUT2D eigenvalue weighted by Gasteiger charge is 2.22. The van der Waals surface area contributed by atoms with Crippen LogP contribution in [0.15, 0.2) is 24.3 Å². The third-order valence-electron chi connectivity index (χ3n) is 3.22. The first kappa shape index (κ1) is 15.6. The molecule has 4 heteroatoms. The van der Waals surface area contributed by atoms with E-state index in [2.05, 4.69) is 5.32 Å². The molecule has 1 atom stereocenters. The number of aryl methyl sites for hydroxylation is 1. The third kappa shape index (κ3) is 4.99. The molecule has 19 heavy (non-hydrogen) atoms. The van der Waals surface area contributed by atoms with Gasteiger partial charge in [-0.2, -0.15) is 0 Å². The van der Waals surface area contributed by atoms with Crippen molar-refractivity contribution in [2.24, 2.45) is 11.7 Å². The predicted octanol–water partition coefficient (Wildman–Crippen LogP) is 2.25. The molecule has 0 spiro atoms. The van der Waals surface area contributed by atoms with E-state index in [0.29, 0.717) is 24.9 Å². The van der Waals surface area contributed by atoms with Crippen molar-refractivity contribution in [2.45, 2.75) is 39.2 Å². The summed E-state index contributed by atoms with van der Waals surface area (Å²) in [4.78, 5) is 12.0. The first-order valence-corrected chi connectivity index (χ1v) is 6.61. The molecule has 0 aliphatic heterocycles. The van der Waals surface area contributed by atoms with E-state index in [1.807, 2.05) is 20.8 Å². The lowest BCUT2D eigenvalue weighted by molar-refractivity contribution is -0.126. The van der Waals surface area contributed by atoms with Gasteiger partial charge >= 0.3 is 0 Å². The van der Waals surface area contributed by atoms with Gasteiger partial charge in [0.2, 0.25) is 5.91 Å². The molecule has 3 nitrogen and oxygen atoms in total. The second-order valence-corrected chi connectivity index (χ2v) is 5.61. The molecule has 0 saturated carbocycles. The normalized spacial score (nSPS) is 13.1. The van der Waals surface area contributed by atoms with Gasteiger partial charge in [0.15, 0.2) is 0 Å². The molecular formula is C15H23FN2O. The standard InChI is InChI=1S/C15H23FN2O/c1-11(14(19)18-15(2,3)10-17)8-9-12-6-4-5-7-13(12)16/h4-7,11H,8-10,17H2,1-3H3,(H,18,19). The third-order valence-corrected chi connectivity index (χ3v) is 3.22. The van der Waals surface area contributed by atoms with Gasteiger partial charge in [0, 0.05) is 18.0 Å². The van der Waals surface area contributed by atoms with Gasteiger partial charge < -0.3 is 11.1 Å². The van der Waals surface area contributed by atoms with Crippen molar-refractivity contribution >= 4 is 5.91 Å². The first-order chi connectivity index (χ1) is 8.85. The minimum Gasteiger partial charge on any atom is -0.350 e. The Morgan fingerprint density at radius 2 is 2.05 bits per heavy atom. The highest BCUT2D eigenvalue weighted by atomic mass is 19.1. The van der Waals surface area contributed by atoms with E-state index in [1.165, 1.54) is 6.07 Å². The number of benzene rings is 1. The number of nitrogens with one attached hydrogen (secondary N) is 1. The van der Waals surface area contributed by atoms with Gasteiger partial charge in [-0.1, -0.05) is 25.1 Å². The summed E-state index contributed by atoms with van der Waals surface area (Å²) >= 11 is 0. The van der Waals surface area contributed by atoms with Gasteiger partial charge in [0.05, 0.1) is 0 Å². The molecule has 0 radical (unpaired) electrons. The van der Waals surface area contributed by atoms with Crippen molar-refractivity contribution in [1.82, 2.24) is 5.32 Å². The lowest BCUT2D eigenvalue weighted by atomic mass is 9.98. The maximum Gasteiger partial charge on any atom is 0.223 e. The van der Waals surface area contributed by atoms with E-state index in [0.717, 1.165) is 0 Å². The molecule has 1 rings (SSSR count). The molecule has 0 heterocycles. The van der Waals surface area contributed by atoms with Crippen molar-refractivity contribution in [3.8, 4) is 0 Å². The highest BCUT2D eigenvalue weighted by Crippen LogP contribution is 2.14. The molecule has 0 aliphatic carbocycles. The van der Waals surface area contributed by atoms with Crippen LogP contribution in [0.2, 0.25) is 0 Å². The van der Waals surface area contributed by atoms with E-state index in [4.69, 9.17) is 5.73 Å². The molecule has 0 fully saturated rings. The summed E-state index contributed by atoms with van der Waals surface area (Å²) in [5, 5.41) is 2.90. The Bertz CT molecular complexity index is 432. The summed E-state index contributed by atoms with van der Waals surface area (Å²) in [6, 6.07) is 6.67. The quantitative estimate of drug-likeness (QED) is 0.829. The zero-order chi connectivity index (χ0) is 14.5. The fraction of sp³-hybridized carbons (Fsp3) is 0.533. The Morgan fingerprint density at radius 3 is 2.63 bits per heavy atom. The van der Waals surface area contributed by atoms with E-state index in [9.17, 15) is 9.18 Å². The van der Waals surface area contributed by atoms with Crippen LogP contribution in [0, 0.1) is 11.7 Å². The van der Waals surface area contributed by atoms with Crippen LogP contribution >= 0.6 is 0 Å². The van der Waals surface area contributed by atoms with Gasteiger partial charge in [-0.3, -0.25) is 4.79 Å². The van der Waals surface area contributed by atoms with Crippen LogP contribution in [0.4, 0.5) is 4.39 Å². The van der Waals surface area contributed by atoms with E-state index >= 15 is 0 Å². The lowest BCUT2D eigenvalue weighted by Crippen LogP contribution is -2.50. The van der Waals surface area contributed by atoms with Gasteiger partial charge in [-0.05, 0) is 38.3 Å². The fourth-order valence-corrected chi connectivity index (χ4v) is 1.71. The topological polar surface area (TPSA) is 55.1 Å². The number of carbonyl (C=O) groups excluding carboxylic acids is 1. The van der Waals surface area contributed by atoms with Crippen LogP contribution in [0.1, 0.15) is 32.8 Å². The molecule has 1 amide bonds. The zero-order valence-electron chi connectivity index (χ0n) is 11.9. The monoisotopic (exact) mass is 266 g/mol. The van der Waals surface area contributed by atoms with Gasteiger partial charge in [-0.25, -0.2) is 4.39 Å². The Hall–Kier alpha value is -1.42. The Morgan fingerprint density at radius 1 is 1.42 bits per heavy atom. The molecule has 0 aliphatic rings. The smallest absolute Gasteiger partial charge is 0.223 e. The maximum absolute atomic E-state index is 13.4. The molecule has 0 saturated heterocycles. The van der Waals surface area contributed by atoms with Crippen molar-refractivity contribution in [3.63, 3.8) is 0 Å². The number of hydrogen-bond acceptors (Lipinski definition) is 2. The summed E-state index contributed by atoms with van der Waals surface area (Å²) in [6.45, 7) is 6.00. The van der Waals surface area contributed by atoms with Gasteiger partial charge in [0.1, 0.15) is 5.82 Å². The Kier molecular flexibility index (Phi) is 5.48. The molecule has 1 unspecified atom stereocenters. The van der Waals surface area contributed by atoms with E-state index in [1.54, 1.807) is 18.2 Å². The molecule has 0 bridgehead atoms. The van der Waals surface area contributed by atoms with Crippen LogP contribution < -0.4 is 11.1 Å². The minimum atomic E-state index is -0.399. The minimum absolute atomic E-state index is 0.0354. The summed E-state index contributed by atoms with van der Waals surface area (Å²) in [6.07, 6.45) is 1.18. The molecule has 3 N–H and O–H groups in total. The second kappa shape index (κ2) is 6.66. The summed E-state index contributed by atoms with van der Waals surface area (Å²) in [7, 11) is 0. The average molecular weight is 266 g/mol. The number of rotatable bonds is 6. The largest absolute Gasteiger partial charge is 0.350 e. The van der Waals surface area contributed by atoms with Crippen LogP contribution in [0.3, 0.4) is 0 Å². The molecule has 106 valence electrons. The molecule has 1 aromatic carbocycles. The van der Waals surface area contributed by atoms with Crippen molar-refractivity contribution in [1.29, 1.82) is 0 Å². The fourth-order valence-electron chi connectivity index (χ4n) is 1.71. The van der Waals surface area contributed by atoms with Gasteiger partial charge in [-0.15, -0.1) is 0 Å². The van der Waals surface area contributed by atoms with Crippen LogP contribution in [0.5, 0.6) is 0 Å². The number of amides is 1. The van der Waals surface area contributed by atoms with E-state index in [-0.39, 0.29) is 17.6 Å². The zero-order valence-corrected chi connectivity index (χ0v) is 11.9. The van der Waals surface area contributed by atoms with Crippen molar-refractivity contribution in [3.05, 3.63) is 35.6 Å². The van der Waals surface area contributed by atoms with Crippen molar-refractivity contribution in [2.75, 3.05) is 6.54 Å². The lowest BCUT2D eigenvalue weighted by Gasteiger charge is -2.26. The number of halogens is 1. The number of carbonyl (C=O) groups is 1. The summed E-state index contributed by atoms with van der Waals surface area (Å²) < 4.78 is 13.4. The van der Waals surface area contributed by atoms with E-state index < -0.39 is 5.54 Å². The highest BCUT2D eigenvalue weighted by molar-refractivity contribution is 5.79. The van der Waals surface area contributed by atoms with Crippen LogP contribution in [-0.4, -0.2) is 18.0 Å².